The molecule has 2 aromatic rings. The average molecular weight is 272 g/mol. The molecule has 0 aliphatic heterocycles. The number of amides is 1. The van der Waals surface area contributed by atoms with Crippen LogP contribution in [0.1, 0.15) is 37.6 Å². The first-order chi connectivity index (χ1) is 9.60. The Morgan fingerprint density at radius 3 is 2.75 bits per heavy atom. The van der Waals surface area contributed by atoms with E-state index in [9.17, 15) is 4.79 Å². The molecule has 1 aromatic carbocycles. The zero-order valence-electron chi connectivity index (χ0n) is 12.1. The average Bonchev–Trinajstić information content (AvgIpc) is 2.92. The summed E-state index contributed by atoms with van der Waals surface area (Å²) < 4.78 is 5.46. The molecule has 1 heterocycles. The second kappa shape index (κ2) is 6.28. The fourth-order valence-corrected chi connectivity index (χ4v) is 2.11. The zero-order valence-corrected chi connectivity index (χ0v) is 12.1. The van der Waals surface area contributed by atoms with Crippen molar-refractivity contribution in [1.82, 2.24) is 0 Å². The van der Waals surface area contributed by atoms with E-state index in [2.05, 4.69) is 17.6 Å². The summed E-state index contributed by atoms with van der Waals surface area (Å²) in [4.78, 5) is 11.1. The number of carbonyl (C=O) groups is 1. The molecule has 0 fully saturated rings. The molecule has 1 unspecified atom stereocenters. The Balaban J connectivity index is 2.20. The molecule has 4 nitrogen and oxygen atoms in total. The number of carbonyl (C=O) groups excluding carboxylic acids is 1. The zero-order chi connectivity index (χ0) is 14.5. The van der Waals surface area contributed by atoms with Crippen LogP contribution in [0.15, 0.2) is 41.0 Å². The first-order valence-corrected chi connectivity index (χ1v) is 6.78. The molecular weight excluding hydrogens is 252 g/mol. The third-order valence-corrected chi connectivity index (χ3v) is 3.18. The maximum atomic E-state index is 11.1. The lowest BCUT2D eigenvalue weighted by Crippen LogP contribution is -2.11. The van der Waals surface area contributed by atoms with E-state index in [0.717, 1.165) is 29.1 Å². The van der Waals surface area contributed by atoms with Gasteiger partial charge in [0, 0.05) is 18.3 Å². The van der Waals surface area contributed by atoms with Crippen molar-refractivity contribution in [3.8, 4) is 0 Å². The third-order valence-electron chi connectivity index (χ3n) is 3.18. The topological polar surface area (TPSA) is 54.3 Å². The summed E-state index contributed by atoms with van der Waals surface area (Å²) in [5.74, 6) is 0.842. The highest BCUT2D eigenvalue weighted by Gasteiger charge is 2.13. The number of rotatable bonds is 5. The number of furan rings is 1. The van der Waals surface area contributed by atoms with E-state index in [4.69, 9.17) is 4.42 Å². The highest BCUT2D eigenvalue weighted by atomic mass is 16.3. The molecule has 2 N–H and O–H groups in total. The predicted molar refractivity (Wildman–Crippen MR) is 80.8 cm³/mol. The van der Waals surface area contributed by atoms with Gasteiger partial charge in [-0.3, -0.25) is 4.79 Å². The van der Waals surface area contributed by atoms with E-state index in [1.807, 2.05) is 37.3 Å². The molecule has 1 atom stereocenters. The van der Waals surface area contributed by atoms with Crippen molar-refractivity contribution in [3.05, 3.63) is 47.9 Å². The molecule has 0 saturated carbocycles. The molecule has 2 rings (SSSR count). The molecule has 0 radical (unpaired) electrons. The van der Waals surface area contributed by atoms with Crippen molar-refractivity contribution < 1.29 is 9.21 Å². The number of aryl methyl sites for hydroxylation is 1. The van der Waals surface area contributed by atoms with Crippen molar-refractivity contribution in [1.29, 1.82) is 0 Å². The molecule has 1 amide bonds. The lowest BCUT2D eigenvalue weighted by atomic mass is 10.1. The number of hydrogen-bond acceptors (Lipinski definition) is 3. The Hall–Kier alpha value is -2.23. The summed E-state index contributed by atoms with van der Waals surface area (Å²) in [7, 11) is 0. The van der Waals surface area contributed by atoms with Crippen LogP contribution in [0.2, 0.25) is 0 Å². The Bertz CT molecular complexity index is 576. The van der Waals surface area contributed by atoms with Gasteiger partial charge in [-0.05, 0) is 43.2 Å². The highest BCUT2D eigenvalue weighted by Crippen LogP contribution is 2.27. The minimum absolute atomic E-state index is 0.0714. The number of benzene rings is 1. The minimum atomic E-state index is -0.0714. The van der Waals surface area contributed by atoms with Crippen LogP contribution in [0.4, 0.5) is 11.4 Å². The van der Waals surface area contributed by atoms with Crippen molar-refractivity contribution in [2.24, 2.45) is 0 Å². The molecular formula is C16H20N2O2. The summed E-state index contributed by atoms with van der Waals surface area (Å²) in [5.41, 5.74) is 2.92. The van der Waals surface area contributed by atoms with Gasteiger partial charge in [-0.1, -0.05) is 13.0 Å². The largest absolute Gasteiger partial charge is 0.467 e. The monoisotopic (exact) mass is 272 g/mol. The molecule has 0 aliphatic carbocycles. The van der Waals surface area contributed by atoms with E-state index < -0.39 is 0 Å². The quantitative estimate of drug-likeness (QED) is 0.861. The smallest absolute Gasteiger partial charge is 0.221 e. The maximum Gasteiger partial charge on any atom is 0.221 e. The Morgan fingerprint density at radius 2 is 2.15 bits per heavy atom. The Kier molecular flexibility index (Phi) is 4.45. The Morgan fingerprint density at radius 1 is 1.35 bits per heavy atom. The van der Waals surface area contributed by atoms with Gasteiger partial charge in [0.05, 0.1) is 12.3 Å². The molecule has 106 valence electrons. The van der Waals surface area contributed by atoms with E-state index in [1.165, 1.54) is 6.92 Å². The van der Waals surface area contributed by atoms with Crippen LogP contribution in [0, 0.1) is 6.92 Å². The summed E-state index contributed by atoms with van der Waals surface area (Å²) in [6.45, 7) is 5.65. The van der Waals surface area contributed by atoms with Gasteiger partial charge in [0.2, 0.25) is 5.91 Å². The summed E-state index contributed by atoms with van der Waals surface area (Å²) >= 11 is 0. The van der Waals surface area contributed by atoms with Gasteiger partial charge in [-0.25, -0.2) is 0 Å². The second-order valence-corrected chi connectivity index (χ2v) is 4.83. The van der Waals surface area contributed by atoms with Crippen molar-refractivity contribution in [2.45, 2.75) is 33.2 Å². The van der Waals surface area contributed by atoms with Gasteiger partial charge in [0.1, 0.15) is 5.76 Å². The number of nitrogens with one attached hydrogen (secondary N) is 2. The summed E-state index contributed by atoms with van der Waals surface area (Å²) in [6.07, 6.45) is 2.59. The van der Waals surface area contributed by atoms with Crippen molar-refractivity contribution >= 4 is 17.3 Å². The molecule has 0 spiro atoms. The van der Waals surface area contributed by atoms with Gasteiger partial charge < -0.3 is 15.1 Å². The SMILES string of the molecule is CCC(Nc1cc(NC(C)=O)ccc1C)c1ccco1. The van der Waals surface area contributed by atoms with Gasteiger partial charge in [0.25, 0.3) is 0 Å². The maximum absolute atomic E-state index is 11.1. The lowest BCUT2D eigenvalue weighted by molar-refractivity contribution is -0.114. The van der Waals surface area contributed by atoms with Crippen molar-refractivity contribution in [2.75, 3.05) is 10.6 Å². The van der Waals surface area contributed by atoms with E-state index in [-0.39, 0.29) is 11.9 Å². The molecule has 0 saturated heterocycles. The molecule has 1 aromatic heterocycles. The van der Waals surface area contributed by atoms with Crippen molar-refractivity contribution in [3.63, 3.8) is 0 Å². The third kappa shape index (κ3) is 3.41. The van der Waals surface area contributed by atoms with E-state index >= 15 is 0 Å². The fourth-order valence-electron chi connectivity index (χ4n) is 2.11. The van der Waals surface area contributed by atoms with Gasteiger partial charge >= 0.3 is 0 Å². The first-order valence-electron chi connectivity index (χ1n) is 6.78. The number of hydrogen-bond donors (Lipinski definition) is 2. The molecule has 20 heavy (non-hydrogen) atoms. The molecule has 0 bridgehead atoms. The van der Waals surface area contributed by atoms with Crippen LogP contribution in [0.5, 0.6) is 0 Å². The second-order valence-electron chi connectivity index (χ2n) is 4.83. The standard InChI is InChI=1S/C16H20N2O2/c1-4-14(16-6-5-9-20-16)18-15-10-13(17-12(3)19)8-7-11(15)2/h5-10,14,18H,4H2,1-3H3,(H,17,19). The first kappa shape index (κ1) is 14.2. The molecule has 4 heteroatoms. The molecule has 0 aliphatic rings. The van der Waals surface area contributed by atoms with E-state index in [0.29, 0.717) is 0 Å². The predicted octanol–water partition coefficient (Wildman–Crippen LogP) is 4.11. The summed E-state index contributed by atoms with van der Waals surface area (Å²) in [6, 6.07) is 9.81. The van der Waals surface area contributed by atoms with Gasteiger partial charge in [-0.2, -0.15) is 0 Å². The van der Waals surface area contributed by atoms with Crippen LogP contribution in [-0.2, 0) is 4.79 Å². The Labute approximate surface area is 119 Å². The lowest BCUT2D eigenvalue weighted by Gasteiger charge is -2.18. The highest BCUT2D eigenvalue weighted by molar-refractivity contribution is 5.89. The van der Waals surface area contributed by atoms with E-state index in [1.54, 1.807) is 6.26 Å². The van der Waals surface area contributed by atoms with Gasteiger partial charge in [0.15, 0.2) is 0 Å². The van der Waals surface area contributed by atoms with Crippen LogP contribution >= 0.6 is 0 Å². The number of anilines is 2. The van der Waals surface area contributed by atoms with Crippen LogP contribution in [0.25, 0.3) is 0 Å². The minimum Gasteiger partial charge on any atom is -0.467 e. The summed E-state index contributed by atoms with van der Waals surface area (Å²) in [5, 5.41) is 6.26. The van der Waals surface area contributed by atoms with Gasteiger partial charge in [-0.15, -0.1) is 0 Å². The fraction of sp³-hybridized carbons (Fsp3) is 0.312. The van der Waals surface area contributed by atoms with Crippen LogP contribution < -0.4 is 10.6 Å². The normalized spacial score (nSPS) is 11.9. The van der Waals surface area contributed by atoms with Crippen LogP contribution in [-0.4, -0.2) is 5.91 Å². The van der Waals surface area contributed by atoms with Crippen LogP contribution in [0.3, 0.4) is 0 Å².